The quantitative estimate of drug-likeness (QED) is 0.0725. The molecule has 4 aromatic carbocycles. The zero-order valence-electron chi connectivity index (χ0n) is 21.0. The van der Waals surface area contributed by atoms with E-state index in [1.807, 2.05) is 0 Å². The van der Waals surface area contributed by atoms with E-state index in [0.717, 1.165) is 6.08 Å². The molecular formula is C27H28N3Na3O8S2. The number of unbranched alkanes of at least 4 members (excludes halogenated alkanes) is 1. The van der Waals surface area contributed by atoms with E-state index in [-0.39, 0.29) is 129 Å². The summed E-state index contributed by atoms with van der Waals surface area (Å²) in [5.41, 5.74) is 0.280. The van der Waals surface area contributed by atoms with Gasteiger partial charge >= 0.3 is 88.7 Å². The molecule has 0 aromatic heterocycles. The van der Waals surface area contributed by atoms with Gasteiger partial charge in [0.25, 0.3) is 20.2 Å². The maximum absolute atomic E-state index is 12.3. The van der Waals surface area contributed by atoms with E-state index in [1.165, 1.54) is 24.3 Å². The van der Waals surface area contributed by atoms with Crippen molar-refractivity contribution < 1.29 is 35.5 Å². The van der Waals surface area contributed by atoms with Gasteiger partial charge in [0.15, 0.2) is 5.75 Å². The van der Waals surface area contributed by atoms with Crippen LogP contribution in [0.4, 0.5) is 11.4 Å². The Morgan fingerprint density at radius 2 is 1.42 bits per heavy atom. The molecule has 4 rings (SSSR count). The Morgan fingerprint density at radius 3 is 2.05 bits per heavy atom. The summed E-state index contributed by atoms with van der Waals surface area (Å²) in [4.78, 5) is 10.5. The number of fused-ring (bicyclic) bond motifs is 2. The number of azo groups is 1. The summed E-state index contributed by atoms with van der Waals surface area (Å²) in [7, 11) is -9.25. The first-order valence-corrected chi connectivity index (χ1v) is 14.9. The molecule has 0 heterocycles. The number of nitrogens with zero attached hydrogens (tertiary/aromatic N) is 2. The molecule has 0 saturated heterocycles. The van der Waals surface area contributed by atoms with Gasteiger partial charge in [-0.3, -0.25) is 13.9 Å². The van der Waals surface area contributed by atoms with Crippen LogP contribution in [0, 0.1) is 0 Å². The standard InChI is InChI=1S/C27H25N3O8S2.3Na.3H/c1-2-25(31)28-15-7-8-16-38-27-24(40(35,36)37)17-18-9-3-4-10-19(18)26(27)30-29-22-13-14-23(39(32,33)34)21-12-6-5-11-20(21)22;;;;;;/h2-6,9-14,17H,1,7-8,15-16H2,(H,28,31)(H,32,33,34)(H,35,36,37);;;;;;. The fraction of sp³-hybridized carbons (Fsp3) is 0.148. The van der Waals surface area contributed by atoms with Crippen molar-refractivity contribution in [2.24, 2.45) is 10.2 Å². The van der Waals surface area contributed by atoms with Crippen LogP contribution in [0.1, 0.15) is 12.8 Å². The van der Waals surface area contributed by atoms with Crippen LogP contribution in [0.2, 0.25) is 0 Å². The fourth-order valence-electron chi connectivity index (χ4n) is 4.07. The van der Waals surface area contributed by atoms with Gasteiger partial charge < -0.3 is 10.1 Å². The van der Waals surface area contributed by atoms with Crippen molar-refractivity contribution >= 4 is 148 Å². The van der Waals surface area contributed by atoms with Crippen molar-refractivity contribution in [2.75, 3.05) is 13.2 Å². The van der Waals surface area contributed by atoms with Crippen molar-refractivity contribution in [3.63, 3.8) is 0 Å². The van der Waals surface area contributed by atoms with Crippen molar-refractivity contribution in [3.8, 4) is 5.75 Å². The monoisotopic (exact) mass is 655 g/mol. The molecule has 214 valence electrons. The Morgan fingerprint density at radius 1 is 0.814 bits per heavy atom. The van der Waals surface area contributed by atoms with Gasteiger partial charge in [-0.1, -0.05) is 55.1 Å². The molecule has 0 fully saturated rings. The molecule has 0 radical (unpaired) electrons. The number of hydrogen-bond donors (Lipinski definition) is 3. The summed E-state index contributed by atoms with van der Waals surface area (Å²) in [5, 5.41) is 12.8. The van der Waals surface area contributed by atoms with Gasteiger partial charge in [0.05, 0.1) is 12.3 Å². The molecule has 0 aliphatic rings. The third-order valence-electron chi connectivity index (χ3n) is 5.92. The molecule has 0 aliphatic carbocycles. The summed E-state index contributed by atoms with van der Waals surface area (Å²) in [5.74, 6) is -0.525. The first kappa shape index (κ1) is 39.9. The van der Waals surface area contributed by atoms with Crippen LogP contribution in [0.5, 0.6) is 5.75 Å². The zero-order valence-corrected chi connectivity index (χ0v) is 22.7. The topological polar surface area (TPSA) is 172 Å². The van der Waals surface area contributed by atoms with E-state index in [1.54, 1.807) is 42.5 Å². The number of ether oxygens (including phenoxy) is 1. The minimum atomic E-state index is -4.74. The van der Waals surface area contributed by atoms with Gasteiger partial charge in [-0.15, -0.1) is 10.2 Å². The van der Waals surface area contributed by atoms with Gasteiger partial charge in [0.1, 0.15) is 15.5 Å². The van der Waals surface area contributed by atoms with E-state index in [0.29, 0.717) is 35.5 Å². The van der Waals surface area contributed by atoms with Crippen molar-refractivity contribution in [1.29, 1.82) is 0 Å². The predicted octanol–water partition coefficient (Wildman–Crippen LogP) is 3.42. The Kier molecular flexibility index (Phi) is 16.2. The average molecular weight is 656 g/mol. The number of amides is 1. The van der Waals surface area contributed by atoms with Gasteiger partial charge in [-0.25, -0.2) is 0 Å². The Labute approximate surface area is 315 Å². The van der Waals surface area contributed by atoms with Gasteiger partial charge in [-0.05, 0) is 42.5 Å². The van der Waals surface area contributed by atoms with Gasteiger partial charge in [-0.2, -0.15) is 16.8 Å². The summed E-state index contributed by atoms with van der Waals surface area (Å²) in [6.07, 6.45) is 2.12. The molecule has 1 amide bonds. The van der Waals surface area contributed by atoms with Crippen LogP contribution < -0.4 is 10.1 Å². The van der Waals surface area contributed by atoms with Crippen molar-refractivity contribution in [3.05, 3.63) is 79.4 Å². The molecular weight excluding hydrogens is 627 g/mol. The van der Waals surface area contributed by atoms with Crippen LogP contribution in [0.3, 0.4) is 0 Å². The molecule has 0 bridgehead atoms. The van der Waals surface area contributed by atoms with Crippen molar-refractivity contribution in [1.82, 2.24) is 5.32 Å². The Hall–Kier alpha value is -1.17. The average Bonchev–Trinajstić information content (AvgIpc) is 2.92. The number of carbonyl (C=O) groups is 1. The SMILES string of the molecule is C=CC(=O)NCCCCOc1c(S(=O)(=O)O)cc2ccccc2c1N=Nc1ccc(S(=O)(=O)O)c2ccccc12.[NaH].[NaH].[NaH]. The molecule has 0 aliphatic heterocycles. The number of hydrogen-bond acceptors (Lipinski definition) is 8. The van der Waals surface area contributed by atoms with Crippen LogP contribution >= 0.6 is 0 Å². The van der Waals surface area contributed by atoms with E-state index in [2.05, 4.69) is 22.1 Å². The van der Waals surface area contributed by atoms with E-state index in [9.17, 15) is 30.7 Å². The third kappa shape index (κ3) is 10.2. The maximum atomic E-state index is 12.3. The van der Waals surface area contributed by atoms with Gasteiger partial charge in [0.2, 0.25) is 5.91 Å². The van der Waals surface area contributed by atoms with Crippen molar-refractivity contribution in [2.45, 2.75) is 22.6 Å². The van der Waals surface area contributed by atoms with Gasteiger partial charge in [0, 0.05) is 22.7 Å². The first-order valence-electron chi connectivity index (χ1n) is 12.0. The van der Waals surface area contributed by atoms with Crippen LogP contribution in [-0.2, 0) is 25.0 Å². The van der Waals surface area contributed by atoms with E-state index in [4.69, 9.17) is 4.74 Å². The Balaban J connectivity index is 0.00000308. The second kappa shape index (κ2) is 17.5. The number of nitrogens with one attached hydrogen (secondary N) is 1. The van der Waals surface area contributed by atoms with Crippen LogP contribution in [-0.4, -0.2) is 134 Å². The molecule has 11 nitrogen and oxygen atoms in total. The third-order valence-corrected chi connectivity index (χ3v) is 7.69. The van der Waals surface area contributed by atoms with E-state index >= 15 is 0 Å². The summed E-state index contributed by atoms with van der Waals surface area (Å²) >= 11 is 0. The molecule has 16 heteroatoms. The minimum absolute atomic E-state index is 0. The number of benzene rings is 4. The second-order valence-corrected chi connectivity index (χ2v) is 11.4. The molecule has 43 heavy (non-hydrogen) atoms. The zero-order chi connectivity index (χ0) is 28.9. The second-order valence-electron chi connectivity index (χ2n) is 8.60. The molecule has 0 atom stereocenters. The Bertz CT molecular complexity index is 1870. The fourth-order valence-corrected chi connectivity index (χ4v) is 5.43. The summed E-state index contributed by atoms with van der Waals surface area (Å²) in [6.45, 7) is 3.78. The first-order chi connectivity index (χ1) is 19.0. The predicted molar refractivity (Wildman–Crippen MR) is 171 cm³/mol. The molecule has 0 spiro atoms. The number of carbonyl (C=O) groups excluding carboxylic acids is 1. The summed E-state index contributed by atoms with van der Waals surface area (Å²) in [6, 6.07) is 17.0. The molecule has 3 N–H and O–H groups in total. The van der Waals surface area contributed by atoms with Crippen LogP contribution in [0.15, 0.2) is 99.4 Å². The molecule has 0 saturated carbocycles. The summed E-state index contributed by atoms with van der Waals surface area (Å²) < 4.78 is 73.8. The number of rotatable bonds is 11. The molecule has 4 aromatic rings. The van der Waals surface area contributed by atoms with E-state index < -0.39 is 25.1 Å². The normalized spacial score (nSPS) is 11.3. The molecule has 0 unspecified atom stereocenters. The van der Waals surface area contributed by atoms with Crippen LogP contribution in [0.25, 0.3) is 21.5 Å².